The van der Waals surface area contributed by atoms with Gasteiger partial charge in [0.15, 0.2) is 0 Å². The predicted octanol–water partition coefficient (Wildman–Crippen LogP) is 1.20. The molecular weight excluding hydrogens is 192 g/mol. The molecule has 0 radical (unpaired) electrons. The van der Waals surface area contributed by atoms with Crippen LogP contribution in [0.4, 0.5) is 0 Å². The summed E-state index contributed by atoms with van der Waals surface area (Å²) < 4.78 is 7.09. The molecule has 4 heteroatoms. The van der Waals surface area contributed by atoms with Crippen LogP contribution in [0.15, 0.2) is 12.3 Å². The van der Waals surface area contributed by atoms with Gasteiger partial charge in [-0.1, -0.05) is 6.42 Å². The average Bonchev–Trinajstić information content (AvgIpc) is 2.66. The molecule has 2 rings (SSSR count). The molecule has 1 aromatic rings. The highest BCUT2D eigenvalue weighted by Crippen LogP contribution is 2.37. The zero-order chi connectivity index (χ0) is 10.9. The van der Waals surface area contributed by atoms with Crippen molar-refractivity contribution in [1.82, 2.24) is 9.78 Å². The highest BCUT2D eigenvalue weighted by atomic mass is 16.5. The maximum absolute atomic E-state index is 10.6. The molecule has 0 bridgehead atoms. The minimum atomic E-state index is -0.895. The van der Waals surface area contributed by atoms with E-state index in [0.29, 0.717) is 0 Å². The van der Waals surface area contributed by atoms with Gasteiger partial charge in [-0.15, -0.1) is 0 Å². The SMILES string of the molecule is COC1CCCCC1(O)c1ccn(C)n1. The first-order chi connectivity index (χ1) is 7.16. The Bertz CT molecular complexity index is 337. The van der Waals surface area contributed by atoms with E-state index in [1.54, 1.807) is 11.8 Å². The lowest BCUT2D eigenvalue weighted by molar-refractivity contribution is -0.125. The van der Waals surface area contributed by atoms with Crippen LogP contribution in [0.25, 0.3) is 0 Å². The van der Waals surface area contributed by atoms with E-state index in [4.69, 9.17) is 4.74 Å². The Morgan fingerprint density at radius 2 is 2.40 bits per heavy atom. The molecule has 1 fully saturated rings. The molecule has 84 valence electrons. The summed E-state index contributed by atoms with van der Waals surface area (Å²) in [7, 11) is 3.52. The molecule has 4 nitrogen and oxygen atoms in total. The summed E-state index contributed by atoms with van der Waals surface area (Å²) in [4.78, 5) is 0. The van der Waals surface area contributed by atoms with E-state index in [9.17, 15) is 5.11 Å². The molecule has 1 heterocycles. The van der Waals surface area contributed by atoms with E-state index in [1.807, 2.05) is 19.3 Å². The highest BCUT2D eigenvalue weighted by Gasteiger charge is 2.42. The molecule has 1 aromatic heterocycles. The van der Waals surface area contributed by atoms with Gasteiger partial charge in [0, 0.05) is 20.4 Å². The minimum Gasteiger partial charge on any atom is -0.381 e. The van der Waals surface area contributed by atoms with Gasteiger partial charge in [0.2, 0.25) is 0 Å². The Hall–Kier alpha value is -0.870. The molecule has 2 atom stereocenters. The molecular formula is C11H18N2O2. The van der Waals surface area contributed by atoms with Crippen molar-refractivity contribution in [2.45, 2.75) is 37.4 Å². The summed E-state index contributed by atoms with van der Waals surface area (Å²) in [5.41, 5.74) is -0.162. The molecule has 0 aliphatic heterocycles. The van der Waals surface area contributed by atoms with Crippen molar-refractivity contribution in [3.63, 3.8) is 0 Å². The van der Waals surface area contributed by atoms with Gasteiger partial charge in [0.1, 0.15) is 5.60 Å². The van der Waals surface area contributed by atoms with Crippen molar-refractivity contribution in [1.29, 1.82) is 0 Å². The van der Waals surface area contributed by atoms with Gasteiger partial charge in [-0.25, -0.2) is 0 Å². The third kappa shape index (κ3) is 1.79. The van der Waals surface area contributed by atoms with E-state index in [-0.39, 0.29) is 6.10 Å². The number of aryl methyl sites for hydroxylation is 1. The predicted molar refractivity (Wildman–Crippen MR) is 56.4 cm³/mol. The van der Waals surface area contributed by atoms with Crippen LogP contribution >= 0.6 is 0 Å². The zero-order valence-electron chi connectivity index (χ0n) is 9.31. The lowest BCUT2D eigenvalue weighted by Gasteiger charge is -2.37. The first kappa shape index (κ1) is 10.6. The number of ether oxygens (including phenoxy) is 1. The fraction of sp³-hybridized carbons (Fsp3) is 0.727. The molecule has 0 spiro atoms. The molecule has 15 heavy (non-hydrogen) atoms. The van der Waals surface area contributed by atoms with Gasteiger partial charge in [-0.05, 0) is 25.3 Å². The summed E-state index contributed by atoms with van der Waals surface area (Å²) in [6, 6.07) is 1.87. The quantitative estimate of drug-likeness (QED) is 0.797. The van der Waals surface area contributed by atoms with E-state index < -0.39 is 5.60 Å². The van der Waals surface area contributed by atoms with Gasteiger partial charge in [-0.3, -0.25) is 4.68 Å². The van der Waals surface area contributed by atoms with Crippen LogP contribution < -0.4 is 0 Å². The second-order valence-electron chi connectivity index (χ2n) is 4.27. The maximum atomic E-state index is 10.6. The van der Waals surface area contributed by atoms with Crippen LogP contribution in [-0.2, 0) is 17.4 Å². The van der Waals surface area contributed by atoms with E-state index in [0.717, 1.165) is 31.4 Å². The van der Waals surface area contributed by atoms with Gasteiger partial charge in [0.25, 0.3) is 0 Å². The van der Waals surface area contributed by atoms with Crippen molar-refractivity contribution < 1.29 is 9.84 Å². The lowest BCUT2D eigenvalue weighted by Crippen LogP contribution is -2.43. The van der Waals surface area contributed by atoms with E-state index in [1.165, 1.54) is 0 Å². The second kappa shape index (κ2) is 3.94. The highest BCUT2D eigenvalue weighted by molar-refractivity contribution is 5.14. The van der Waals surface area contributed by atoms with Gasteiger partial charge < -0.3 is 9.84 Å². The zero-order valence-corrected chi connectivity index (χ0v) is 9.31. The van der Waals surface area contributed by atoms with Gasteiger partial charge >= 0.3 is 0 Å². The van der Waals surface area contributed by atoms with Crippen LogP contribution in [-0.4, -0.2) is 28.1 Å². The number of rotatable bonds is 2. The largest absolute Gasteiger partial charge is 0.381 e. The van der Waals surface area contributed by atoms with Crippen molar-refractivity contribution in [3.05, 3.63) is 18.0 Å². The van der Waals surface area contributed by atoms with E-state index in [2.05, 4.69) is 5.10 Å². The van der Waals surface area contributed by atoms with Crippen LogP contribution in [0.3, 0.4) is 0 Å². The summed E-state index contributed by atoms with van der Waals surface area (Å²) in [5.74, 6) is 0. The Labute approximate surface area is 89.9 Å². The smallest absolute Gasteiger partial charge is 0.134 e. The fourth-order valence-corrected chi connectivity index (χ4v) is 2.38. The first-order valence-electron chi connectivity index (χ1n) is 5.42. The molecule has 1 aliphatic rings. The molecule has 0 aromatic carbocycles. The van der Waals surface area contributed by atoms with Gasteiger partial charge in [0.05, 0.1) is 11.8 Å². The summed E-state index contributed by atoms with van der Waals surface area (Å²) in [6.45, 7) is 0. The summed E-state index contributed by atoms with van der Waals surface area (Å²) in [6.07, 6.45) is 5.53. The van der Waals surface area contributed by atoms with Crippen molar-refractivity contribution >= 4 is 0 Å². The minimum absolute atomic E-state index is 0.124. The molecule has 0 saturated heterocycles. The topological polar surface area (TPSA) is 47.3 Å². The number of aliphatic hydroxyl groups is 1. The molecule has 2 unspecified atom stereocenters. The Morgan fingerprint density at radius 3 is 3.00 bits per heavy atom. The number of hydrogen-bond donors (Lipinski definition) is 1. The van der Waals surface area contributed by atoms with Crippen molar-refractivity contribution in [3.8, 4) is 0 Å². The van der Waals surface area contributed by atoms with Crippen molar-refractivity contribution in [2.75, 3.05) is 7.11 Å². The van der Waals surface area contributed by atoms with Crippen LogP contribution in [0.2, 0.25) is 0 Å². The maximum Gasteiger partial charge on any atom is 0.134 e. The third-order valence-electron chi connectivity index (χ3n) is 3.25. The van der Waals surface area contributed by atoms with Crippen LogP contribution in [0, 0.1) is 0 Å². The van der Waals surface area contributed by atoms with E-state index >= 15 is 0 Å². The third-order valence-corrected chi connectivity index (χ3v) is 3.25. The standard InChI is InChI=1S/C11H18N2O2/c1-13-8-6-9(12-13)11(14)7-4-3-5-10(11)15-2/h6,8,10,14H,3-5,7H2,1-2H3. The molecule has 1 saturated carbocycles. The second-order valence-corrected chi connectivity index (χ2v) is 4.27. The molecule has 1 aliphatic carbocycles. The number of aromatic nitrogens is 2. The summed E-state index contributed by atoms with van der Waals surface area (Å²) >= 11 is 0. The van der Waals surface area contributed by atoms with Crippen molar-refractivity contribution in [2.24, 2.45) is 7.05 Å². The lowest BCUT2D eigenvalue weighted by atomic mass is 9.80. The van der Waals surface area contributed by atoms with Crippen LogP contribution in [0.1, 0.15) is 31.4 Å². The number of nitrogens with zero attached hydrogens (tertiary/aromatic N) is 2. The Balaban J connectivity index is 2.29. The number of methoxy groups -OCH3 is 1. The summed E-state index contributed by atoms with van der Waals surface area (Å²) in [5, 5.41) is 14.9. The Morgan fingerprint density at radius 1 is 1.60 bits per heavy atom. The Kier molecular flexibility index (Phi) is 2.80. The number of hydrogen-bond acceptors (Lipinski definition) is 3. The molecule has 0 amide bonds. The van der Waals surface area contributed by atoms with Crippen LogP contribution in [0.5, 0.6) is 0 Å². The average molecular weight is 210 g/mol. The molecule has 1 N–H and O–H groups in total. The first-order valence-corrected chi connectivity index (χ1v) is 5.42. The fourth-order valence-electron chi connectivity index (χ4n) is 2.38. The van der Waals surface area contributed by atoms with Gasteiger partial charge in [-0.2, -0.15) is 5.10 Å². The monoisotopic (exact) mass is 210 g/mol. The normalized spacial score (nSPS) is 31.8.